The molecule has 5 nitrogen and oxygen atoms in total. The highest BCUT2D eigenvalue weighted by atomic mass is 16.5. The Labute approximate surface area is 147 Å². The van der Waals surface area contributed by atoms with Crippen LogP contribution >= 0.6 is 0 Å². The van der Waals surface area contributed by atoms with Gasteiger partial charge in [-0.3, -0.25) is 4.79 Å². The van der Waals surface area contributed by atoms with Crippen molar-refractivity contribution in [2.24, 2.45) is 5.73 Å². The van der Waals surface area contributed by atoms with Gasteiger partial charge in [-0.2, -0.15) is 5.26 Å². The molecule has 0 spiro atoms. The van der Waals surface area contributed by atoms with Gasteiger partial charge in [-0.05, 0) is 23.6 Å². The van der Waals surface area contributed by atoms with Crippen molar-refractivity contribution >= 4 is 12.3 Å². The highest BCUT2D eigenvalue weighted by Gasteiger charge is 2.57. The van der Waals surface area contributed by atoms with Crippen LogP contribution in [0.3, 0.4) is 0 Å². The summed E-state index contributed by atoms with van der Waals surface area (Å²) in [6, 6.07) is 17.4. The topological polar surface area (TPSA) is 93.2 Å². The molecule has 0 saturated heterocycles. The van der Waals surface area contributed by atoms with E-state index >= 15 is 0 Å². The zero-order valence-electron chi connectivity index (χ0n) is 14.2. The monoisotopic (exact) mass is 336 g/mol. The van der Waals surface area contributed by atoms with E-state index in [2.05, 4.69) is 6.07 Å². The van der Waals surface area contributed by atoms with Gasteiger partial charge in [0.15, 0.2) is 0 Å². The summed E-state index contributed by atoms with van der Waals surface area (Å²) in [7, 11) is 1.25. The van der Waals surface area contributed by atoms with Crippen LogP contribution in [0.5, 0.6) is 0 Å². The van der Waals surface area contributed by atoms with E-state index in [9.17, 15) is 14.9 Å². The summed E-state index contributed by atoms with van der Waals surface area (Å²) in [6.45, 7) is 1.75. The lowest BCUT2D eigenvalue weighted by Crippen LogP contribution is -2.61. The lowest BCUT2D eigenvalue weighted by Gasteiger charge is -2.43. The molecular formula is C20H20N2O3. The molecule has 0 aliphatic rings. The Bertz CT molecular complexity index is 813. The Morgan fingerprint density at radius 3 is 2.32 bits per heavy atom. The first-order valence-corrected chi connectivity index (χ1v) is 7.90. The molecule has 25 heavy (non-hydrogen) atoms. The molecule has 0 aliphatic heterocycles. The van der Waals surface area contributed by atoms with E-state index in [0.717, 1.165) is 0 Å². The van der Waals surface area contributed by atoms with Crippen LogP contribution in [-0.2, 0) is 25.3 Å². The first-order chi connectivity index (χ1) is 12.0. The molecule has 0 saturated carbocycles. The van der Waals surface area contributed by atoms with Gasteiger partial charge in [0, 0.05) is 0 Å². The molecule has 128 valence electrons. The number of benzene rings is 2. The Hall–Kier alpha value is -2.97. The average molecular weight is 336 g/mol. The molecule has 2 unspecified atom stereocenters. The Morgan fingerprint density at radius 1 is 1.20 bits per heavy atom. The van der Waals surface area contributed by atoms with E-state index in [1.54, 1.807) is 61.5 Å². The maximum Gasteiger partial charge on any atom is 0.319 e. The standard InChI is InChI=1S/C20H20N2O3/c1-3-19(18(24)25-2,17-12-8-7-9-15(17)13-21)20(22,14-23)16-10-5-4-6-11-16/h4-12,14H,3,22H2,1-2H3. The van der Waals surface area contributed by atoms with Crippen LogP contribution in [0.1, 0.15) is 30.0 Å². The molecule has 0 bridgehead atoms. The van der Waals surface area contributed by atoms with Crippen LogP contribution in [0.25, 0.3) is 0 Å². The minimum atomic E-state index is -1.69. The quantitative estimate of drug-likeness (QED) is 0.646. The van der Waals surface area contributed by atoms with Crippen molar-refractivity contribution < 1.29 is 14.3 Å². The normalized spacial score (nSPS) is 15.3. The van der Waals surface area contributed by atoms with Crippen molar-refractivity contribution in [2.75, 3.05) is 7.11 Å². The van der Waals surface area contributed by atoms with E-state index in [4.69, 9.17) is 10.5 Å². The van der Waals surface area contributed by atoms with Gasteiger partial charge in [-0.15, -0.1) is 0 Å². The third-order valence-electron chi connectivity index (χ3n) is 4.72. The second kappa shape index (κ2) is 7.29. The lowest BCUT2D eigenvalue weighted by atomic mass is 9.60. The predicted octanol–water partition coefficient (Wildman–Crippen LogP) is 2.43. The van der Waals surface area contributed by atoms with E-state index < -0.39 is 16.9 Å². The molecular weight excluding hydrogens is 316 g/mol. The molecule has 0 fully saturated rings. The number of aldehydes is 1. The van der Waals surface area contributed by atoms with Crippen LogP contribution in [0.4, 0.5) is 0 Å². The third kappa shape index (κ3) is 2.71. The highest BCUT2D eigenvalue weighted by Crippen LogP contribution is 2.44. The number of methoxy groups -OCH3 is 1. The number of nitrogens with zero attached hydrogens (tertiary/aromatic N) is 1. The van der Waals surface area contributed by atoms with Crippen molar-refractivity contribution in [3.8, 4) is 6.07 Å². The third-order valence-corrected chi connectivity index (χ3v) is 4.72. The fraction of sp³-hybridized carbons (Fsp3) is 0.250. The molecule has 0 aromatic heterocycles. The molecule has 5 heteroatoms. The minimum Gasteiger partial charge on any atom is -0.468 e. The fourth-order valence-corrected chi connectivity index (χ4v) is 3.38. The summed E-state index contributed by atoms with van der Waals surface area (Å²) >= 11 is 0. The summed E-state index contributed by atoms with van der Waals surface area (Å²) in [5, 5.41) is 9.51. The second-order valence-corrected chi connectivity index (χ2v) is 5.76. The molecule has 0 aliphatic carbocycles. The Balaban J connectivity index is 2.91. The maximum absolute atomic E-state index is 12.9. The summed E-state index contributed by atoms with van der Waals surface area (Å²) in [4.78, 5) is 25.2. The summed E-state index contributed by atoms with van der Waals surface area (Å²) in [6.07, 6.45) is 0.749. The van der Waals surface area contributed by atoms with E-state index in [1.807, 2.05) is 0 Å². The van der Waals surface area contributed by atoms with Gasteiger partial charge < -0.3 is 15.3 Å². The largest absolute Gasteiger partial charge is 0.468 e. The molecule has 2 aromatic carbocycles. The summed E-state index contributed by atoms with van der Waals surface area (Å²) in [5.41, 5.74) is 4.48. The number of hydrogen-bond acceptors (Lipinski definition) is 5. The smallest absolute Gasteiger partial charge is 0.319 e. The van der Waals surface area contributed by atoms with Gasteiger partial charge in [0.1, 0.15) is 17.2 Å². The zero-order valence-corrected chi connectivity index (χ0v) is 14.2. The number of carbonyl (C=O) groups excluding carboxylic acids is 2. The van der Waals surface area contributed by atoms with Crippen molar-refractivity contribution in [2.45, 2.75) is 24.3 Å². The van der Waals surface area contributed by atoms with E-state index in [-0.39, 0.29) is 12.0 Å². The maximum atomic E-state index is 12.9. The first-order valence-electron chi connectivity index (χ1n) is 7.90. The number of rotatable bonds is 6. The van der Waals surface area contributed by atoms with Gasteiger partial charge in [0.05, 0.1) is 18.7 Å². The Kier molecular flexibility index (Phi) is 5.35. The molecule has 0 heterocycles. The van der Waals surface area contributed by atoms with Crippen LogP contribution < -0.4 is 5.73 Å². The van der Waals surface area contributed by atoms with Crippen LogP contribution in [-0.4, -0.2) is 19.4 Å². The number of esters is 1. The van der Waals surface area contributed by atoms with Crippen LogP contribution in [0.2, 0.25) is 0 Å². The van der Waals surface area contributed by atoms with Crippen molar-refractivity contribution in [1.29, 1.82) is 5.26 Å². The number of carbonyl (C=O) groups is 2. The second-order valence-electron chi connectivity index (χ2n) is 5.76. The lowest BCUT2D eigenvalue weighted by molar-refractivity contribution is -0.153. The Morgan fingerprint density at radius 2 is 1.80 bits per heavy atom. The predicted molar refractivity (Wildman–Crippen MR) is 93.5 cm³/mol. The number of nitrogens with two attached hydrogens (primary N) is 1. The number of nitriles is 1. The molecule has 2 N–H and O–H groups in total. The fourth-order valence-electron chi connectivity index (χ4n) is 3.38. The number of hydrogen-bond donors (Lipinski definition) is 1. The minimum absolute atomic E-state index is 0.183. The van der Waals surface area contributed by atoms with Crippen molar-refractivity contribution in [3.63, 3.8) is 0 Å². The molecule has 2 rings (SSSR count). The van der Waals surface area contributed by atoms with Crippen molar-refractivity contribution in [3.05, 3.63) is 71.3 Å². The SMILES string of the molecule is CCC(C(=O)OC)(c1ccccc1C#N)C(N)(C=O)c1ccccc1. The molecule has 2 aromatic rings. The number of ether oxygens (including phenoxy) is 1. The zero-order chi connectivity index (χ0) is 18.5. The molecule has 0 amide bonds. The van der Waals surface area contributed by atoms with Crippen LogP contribution in [0, 0.1) is 11.3 Å². The summed E-state index contributed by atoms with van der Waals surface area (Å²) < 4.78 is 5.04. The van der Waals surface area contributed by atoms with E-state index in [0.29, 0.717) is 17.4 Å². The van der Waals surface area contributed by atoms with Gasteiger partial charge in [0.2, 0.25) is 0 Å². The highest BCUT2D eigenvalue weighted by molar-refractivity contribution is 5.92. The van der Waals surface area contributed by atoms with E-state index in [1.165, 1.54) is 7.11 Å². The first kappa shape index (κ1) is 18.4. The van der Waals surface area contributed by atoms with Crippen molar-refractivity contribution in [1.82, 2.24) is 0 Å². The summed E-state index contributed by atoms with van der Waals surface area (Å²) in [5.74, 6) is -0.656. The van der Waals surface area contributed by atoms with Crippen LogP contribution in [0.15, 0.2) is 54.6 Å². The average Bonchev–Trinajstić information content (AvgIpc) is 2.69. The van der Waals surface area contributed by atoms with Gasteiger partial charge in [0.25, 0.3) is 0 Å². The van der Waals surface area contributed by atoms with Gasteiger partial charge >= 0.3 is 5.97 Å². The molecule has 0 radical (unpaired) electrons. The molecule has 2 atom stereocenters. The van der Waals surface area contributed by atoms with Gasteiger partial charge in [-0.1, -0.05) is 55.5 Å². The van der Waals surface area contributed by atoms with Gasteiger partial charge in [-0.25, -0.2) is 0 Å².